The summed E-state index contributed by atoms with van der Waals surface area (Å²) >= 11 is 6.07. The van der Waals surface area contributed by atoms with Gasteiger partial charge in [-0.15, -0.1) is 0 Å². The molecule has 1 aliphatic rings. The molecule has 1 aliphatic carbocycles. The first-order valence-electron chi connectivity index (χ1n) is 11.1. The molecule has 1 saturated carbocycles. The van der Waals surface area contributed by atoms with E-state index in [1.807, 2.05) is 66.7 Å². The predicted molar refractivity (Wildman–Crippen MR) is 129 cm³/mol. The third kappa shape index (κ3) is 4.56. The van der Waals surface area contributed by atoms with E-state index in [1.165, 1.54) is 0 Å². The molecule has 0 heterocycles. The summed E-state index contributed by atoms with van der Waals surface area (Å²) in [6.45, 7) is 2.06. The Balaban J connectivity index is 1.60. The number of benzene rings is 3. The van der Waals surface area contributed by atoms with Crippen LogP contribution >= 0.6 is 11.6 Å². The molecule has 0 aromatic heterocycles. The maximum Gasteiger partial charge on any atom is 0.230 e. The molecule has 0 saturated heterocycles. The Morgan fingerprint density at radius 1 is 1.06 bits per heavy atom. The number of carbonyl (C=O) groups is 1. The van der Waals surface area contributed by atoms with Gasteiger partial charge in [-0.1, -0.05) is 72.6 Å². The largest absolute Gasteiger partial charge is 0.352 e. The quantitative estimate of drug-likeness (QED) is 0.476. The number of nitriles is 1. The first kappa shape index (κ1) is 22.1. The monoisotopic (exact) mass is 442 g/mol. The molecule has 2 atom stereocenters. The lowest BCUT2D eigenvalue weighted by Gasteiger charge is -2.42. The van der Waals surface area contributed by atoms with Gasteiger partial charge in [0.1, 0.15) is 0 Å². The zero-order chi connectivity index (χ0) is 22.6. The molecular weight excluding hydrogens is 416 g/mol. The second kappa shape index (κ2) is 9.59. The number of amides is 1. The zero-order valence-electron chi connectivity index (χ0n) is 18.2. The van der Waals surface area contributed by atoms with Gasteiger partial charge in [0.2, 0.25) is 5.91 Å². The van der Waals surface area contributed by atoms with Crippen LogP contribution in [0.2, 0.25) is 5.02 Å². The van der Waals surface area contributed by atoms with Gasteiger partial charge < -0.3 is 5.32 Å². The van der Waals surface area contributed by atoms with E-state index < -0.39 is 5.41 Å². The standard InChI is InChI=1S/C28H27ClN2O/c1-20(31-27(32)28(15-6-16-28)24-9-3-2-4-10-24)26(18-21-11-13-25(29)14-12-21)23-8-5-7-22(17-23)19-30/h2-5,7-14,17,20,26H,6,15-16,18H2,1H3,(H,31,32)/t20-,26+/m0/s1. The number of hydrogen-bond donors (Lipinski definition) is 1. The van der Waals surface area contributed by atoms with Crippen LogP contribution in [0.4, 0.5) is 0 Å². The van der Waals surface area contributed by atoms with E-state index in [0.29, 0.717) is 10.6 Å². The maximum absolute atomic E-state index is 13.5. The van der Waals surface area contributed by atoms with Crippen LogP contribution in [0.25, 0.3) is 0 Å². The van der Waals surface area contributed by atoms with E-state index in [0.717, 1.165) is 42.4 Å². The summed E-state index contributed by atoms with van der Waals surface area (Å²) in [7, 11) is 0. The Kier molecular flexibility index (Phi) is 6.63. The summed E-state index contributed by atoms with van der Waals surface area (Å²) in [6.07, 6.45) is 3.56. The lowest BCUT2D eigenvalue weighted by Crippen LogP contribution is -2.52. The number of halogens is 1. The zero-order valence-corrected chi connectivity index (χ0v) is 19.0. The van der Waals surface area contributed by atoms with Crippen molar-refractivity contribution in [3.8, 4) is 6.07 Å². The molecule has 1 fully saturated rings. The molecule has 162 valence electrons. The minimum Gasteiger partial charge on any atom is -0.352 e. The van der Waals surface area contributed by atoms with Gasteiger partial charge in [-0.25, -0.2) is 0 Å². The molecule has 1 amide bonds. The van der Waals surface area contributed by atoms with E-state index in [1.54, 1.807) is 0 Å². The molecule has 3 aromatic rings. The highest BCUT2D eigenvalue weighted by molar-refractivity contribution is 6.30. The fourth-order valence-corrected chi connectivity index (χ4v) is 4.80. The highest BCUT2D eigenvalue weighted by Crippen LogP contribution is 2.44. The molecule has 0 bridgehead atoms. The third-order valence-corrected chi connectivity index (χ3v) is 7.00. The van der Waals surface area contributed by atoms with Crippen molar-refractivity contribution in [1.82, 2.24) is 5.32 Å². The lowest BCUT2D eigenvalue weighted by molar-refractivity contribution is -0.130. The molecule has 0 radical (unpaired) electrons. The molecule has 0 aliphatic heterocycles. The van der Waals surface area contributed by atoms with Gasteiger partial charge >= 0.3 is 0 Å². The summed E-state index contributed by atoms with van der Waals surface area (Å²) in [6, 6.07) is 27.8. The number of nitrogens with one attached hydrogen (secondary N) is 1. The van der Waals surface area contributed by atoms with E-state index >= 15 is 0 Å². The minimum absolute atomic E-state index is 0.0290. The summed E-state index contributed by atoms with van der Waals surface area (Å²) in [5.74, 6) is 0.126. The van der Waals surface area contributed by atoms with Crippen molar-refractivity contribution in [2.75, 3.05) is 0 Å². The van der Waals surface area contributed by atoms with Gasteiger partial charge in [-0.3, -0.25) is 4.79 Å². The average molecular weight is 443 g/mol. The summed E-state index contributed by atoms with van der Waals surface area (Å²) in [4.78, 5) is 13.5. The number of carbonyl (C=O) groups excluding carboxylic acids is 1. The molecule has 1 N–H and O–H groups in total. The van der Waals surface area contributed by atoms with Crippen molar-refractivity contribution >= 4 is 17.5 Å². The fraction of sp³-hybridized carbons (Fsp3) is 0.286. The van der Waals surface area contributed by atoms with Crippen LogP contribution in [-0.4, -0.2) is 11.9 Å². The van der Waals surface area contributed by atoms with Gasteiger partial charge in [-0.05, 0) is 67.1 Å². The van der Waals surface area contributed by atoms with Crippen LogP contribution in [0, 0.1) is 11.3 Å². The van der Waals surface area contributed by atoms with Crippen molar-refractivity contribution in [3.05, 3.63) is 106 Å². The number of rotatable bonds is 7. The molecule has 3 nitrogen and oxygen atoms in total. The molecule has 3 aromatic carbocycles. The molecule has 32 heavy (non-hydrogen) atoms. The summed E-state index contributed by atoms with van der Waals surface area (Å²) < 4.78 is 0. The Morgan fingerprint density at radius 3 is 2.41 bits per heavy atom. The second-order valence-electron chi connectivity index (χ2n) is 8.74. The maximum atomic E-state index is 13.5. The fourth-order valence-electron chi connectivity index (χ4n) is 4.68. The van der Waals surface area contributed by atoms with Crippen molar-refractivity contribution in [3.63, 3.8) is 0 Å². The van der Waals surface area contributed by atoms with Gasteiger partial charge in [0.15, 0.2) is 0 Å². The van der Waals surface area contributed by atoms with Crippen molar-refractivity contribution in [2.24, 2.45) is 0 Å². The molecule has 4 heteroatoms. The van der Waals surface area contributed by atoms with Crippen LogP contribution in [0.3, 0.4) is 0 Å². The third-order valence-electron chi connectivity index (χ3n) is 6.74. The minimum atomic E-state index is -0.436. The van der Waals surface area contributed by atoms with Crippen LogP contribution < -0.4 is 5.32 Å². The molecule has 0 spiro atoms. The van der Waals surface area contributed by atoms with Crippen LogP contribution in [0.1, 0.15) is 54.4 Å². The van der Waals surface area contributed by atoms with Crippen LogP contribution in [-0.2, 0) is 16.6 Å². The summed E-state index contributed by atoms with van der Waals surface area (Å²) in [5, 5.41) is 13.4. The number of nitrogens with zero attached hydrogens (tertiary/aromatic N) is 1. The SMILES string of the molecule is C[C@H](NC(=O)C1(c2ccccc2)CCC1)[C@@H](Cc1ccc(Cl)cc1)c1cccc(C#N)c1. The smallest absolute Gasteiger partial charge is 0.230 e. The highest BCUT2D eigenvalue weighted by Gasteiger charge is 2.46. The van der Waals surface area contributed by atoms with Crippen LogP contribution in [0.5, 0.6) is 0 Å². The van der Waals surface area contributed by atoms with Gasteiger partial charge in [0, 0.05) is 17.0 Å². The Morgan fingerprint density at radius 2 is 1.78 bits per heavy atom. The Bertz CT molecular complexity index is 1110. The van der Waals surface area contributed by atoms with Crippen molar-refractivity contribution in [2.45, 2.75) is 50.0 Å². The normalized spacial score (nSPS) is 16.3. The van der Waals surface area contributed by atoms with Gasteiger partial charge in [0.25, 0.3) is 0 Å². The topological polar surface area (TPSA) is 52.9 Å². The van der Waals surface area contributed by atoms with Crippen molar-refractivity contribution < 1.29 is 4.79 Å². The lowest BCUT2D eigenvalue weighted by atomic mass is 9.63. The molecule has 0 unspecified atom stereocenters. The van der Waals surface area contributed by atoms with E-state index in [-0.39, 0.29) is 17.9 Å². The highest BCUT2D eigenvalue weighted by atomic mass is 35.5. The Hall–Kier alpha value is -3.09. The second-order valence-corrected chi connectivity index (χ2v) is 9.17. The predicted octanol–water partition coefficient (Wildman–Crippen LogP) is 6.16. The summed E-state index contributed by atoms with van der Waals surface area (Å²) in [5.41, 5.74) is 3.48. The van der Waals surface area contributed by atoms with Crippen molar-refractivity contribution in [1.29, 1.82) is 5.26 Å². The Labute approximate surface area is 195 Å². The van der Waals surface area contributed by atoms with E-state index in [9.17, 15) is 10.1 Å². The van der Waals surface area contributed by atoms with Gasteiger partial charge in [-0.2, -0.15) is 5.26 Å². The van der Waals surface area contributed by atoms with E-state index in [2.05, 4.69) is 30.4 Å². The van der Waals surface area contributed by atoms with Crippen LogP contribution in [0.15, 0.2) is 78.9 Å². The molecule has 4 rings (SSSR count). The number of hydrogen-bond acceptors (Lipinski definition) is 2. The van der Waals surface area contributed by atoms with Gasteiger partial charge in [0.05, 0.1) is 17.0 Å². The van der Waals surface area contributed by atoms with E-state index in [4.69, 9.17) is 11.6 Å². The average Bonchev–Trinajstić information content (AvgIpc) is 2.78. The first-order valence-corrected chi connectivity index (χ1v) is 11.5. The first-order chi connectivity index (χ1) is 15.5. The molecular formula is C28H27ClN2O.